The topological polar surface area (TPSA) is 46.3 Å². The summed E-state index contributed by atoms with van der Waals surface area (Å²) in [6.07, 6.45) is 7.62. The standard InChI is InChI=1S/C15H30N2O/c1-3-5-14(8-10-16)6-7-15(18)17-11-9-13(4-2)12-17/h13-14H,3-12,16H2,1-2H3. The Bertz CT molecular complexity index is 237. The fourth-order valence-electron chi connectivity index (χ4n) is 2.96. The number of likely N-dealkylation sites (tertiary alicyclic amines) is 1. The van der Waals surface area contributed by atoms with Gasteiger partial charge in [-0.2, -0.15) is 0 Å². The number of carbonyl (C=O) groups is 1. The molecule has 3 nitrogen and oxygen atoms in total. The second-order valence-corrected chi connectivity index (χ2v) is 5.67. The van der Waals surface area contributed by atoms with Crippen LogP contribution in [-0.4, -0.2) is 30.4 Å². The third kappa shape index (κ3) is 4.97. The van der Waals surface area contributed by atoms with Gasteiger partial charge in [-0.15, -0.1) is 0 Å². The monoisotopic (exact) mass is 254 g/mol. The van der Waals surface area contributed by atoms with E-state index in [1.54, 1.807) is 0 Å². The van der Waals surface area contributed by atoms with Crippen LogP contribution in [0.2, 0.25) is 0 Å². The summed E-state index contributed by atoms with van der Waals surface area (Å²) in [6, 6.07) is 0. The fourth-order valence-corrected chi connectivity index (χ4v) is 2.96. The molecule has 1 saturated heterocycles. The number of nitrogens with zero attached hydrogens (tertiary/aromatic N) is 1. The number of hydrogen-bond donors (Lipinski definition) is 1. The van der Waals surface area contributed by atoms with E-state index in [2.05, 4.69) is 18.7 Å². The molecule has 0 aromatic heterocycles. The number of carbonyl (C=O) groups excluding carboxylic acids is 1. The molecule has 0 radical (unpaired) electrons. The van der Waals surface area contributed by atoms with Crippen molar-refractivity contribution in [3.63, 3.8) is 0 Å². The first-order valence-corrected chi connectivity index (χ1v) is 7.69. The molecule has 0 saturated carbocycles. The zero-order valence-electron chi connectivity index (χ0n) is 12.2. The van der Waals surface area contributed by atoms with Crippen LogP contribution < -0.4 is 5.73 Å². The molecule has 18 heavy (non-hydrogen) atoms. The first kappa shape index (κ1) is 15.5. The van der Waals surface area contributed by atoms with Gasteiger partial charge in [0.25, 0.3) is 0 Å². The Morgan fingerprint density at radius 1 is 1.33 bits per heavy atom. The van der Waals surface area contributed by atoms with Crippen molar-refractivity contribution in [3.05, 3.63) is 0 Å². The first-order chi connectivity index (χ1) is 8.71. The lowest BCUT2D eigenvalue weighted by atomic mass is 9.94. The molecule has 3 heteroatoms. The van der Waals surface area contributed by atoms with Crippen molar-refractivity contribution in [1.29, 1.82) is 0 Å². The van der Waals surface area contributed by atoms with Gasteiger partial charge in [0, 0.05) is 19.5 Å². The Balaban J connectivity index is 2.27. The van der Waals surface area contributed by atoms with Gasteiger partial charge in [0.05, 0.1) is 0 Å². The van der Waals surface area contributed by atoms with Crippen LogP contribution in [0.1, 0.15) is 58.8 Å². The molecule has 1 aliphatic heterocycles. The highest BCUT2D eigenvalue weighted by atomic mass is 16.2. The van der Waals surface area contributed by atoms with Gasteiger partial charge in [-0.1, -0.05) is 33.1 Å². The van der Waals surface area contributed by atoms with E-state index >= 15 is 0 Å². The highest BCUT2D eigenvalue weighted by Gasteiger charge is 2.24. The number of nitrogens with two attached hydrogens (primary N) is 1. The molecule has 106 valence electrons. The molecule has 0 aromatic carbocycles. The predicted octanol–water partition coefficient (Wildman–Crippen LogP) is 2.79. The van der Waals surface area contributed by atoms with Crippen LogP contribution >= 0.6 is 0 Å². The van der Waals surface area contributed by atoms with E-state index in [1.165, 1.54) is 25.7 Å². The fraction of sp³-hybridized carbons (Fsp3) is 0.933. The van der Waals surface area contributed by atoms with E-state index in [1.807, 2.05) is 0 Å². The summed E-state index contributed by atoms with van der Waals surface area (Å²) < 4.78 is 0. The van der Waals surface area contributed by atoms with E-state index in [4.69, 9.17) is 5.73 Å². The minimum Gasteiger partial charge on any atom is -0.342 e. The van der Waals surface area contributed by atoms with Crippen LogP contribution in [0.15, 0.2) is 0 Å². The van der Waals surface area contributed by atoms with Crippen molar-refractivity contribution in [1.82, 2.24) is 4.90 Å². The predicted molar refractivity (Wildman–Crippen MR) is 76.3 cm³/mol. The molecule has 1 aliphatic rings. The zero-order valence-corrected chi connectivity index (χ0v) is 12.2. The van der Waals surface area contributed by atoms with Crippen molar-refractivity contribution in [2.45, 2.75) is 58.8 Å². The molecule has 1 amide bonds. The molecule has 2 unspecified atom stereocenters. The maximum atomic E-state index is 12.1. The lowest BCUT2D eigenvalue weighted by Crippen LogP contribution is -2.29. The zero-order chi connectivity index (χ0) is 13.4. The van der Waals surface area contributed by atoms with Crippen molar-refractivity contribution in [3.8, 4) is 0 Å². The Hall–Kier alpha value is -0.570. The first-order valence-electron chi connectivity index (χ1n) is 7.69. The Morgan fingerprint density at radius 2 is 2.11 bits per heavy atom. The maximum Gasteiger partial charge on any atom is 0.222 e. The molecule has 0 bridgehead atoms. The molecule has 1 rings (SSSR count). The second kappa shape index (κ2) is 8.52. The minimum absolute atomic E-state index is 0.365. The van der Waals surface area contributed by atoms with E-state index in [-0.39, 0.29) is 0 Å². The largest absolute Gasteiger partial charge is 0.342 e. The molecular formula is C15H30N2O. The highest BCUT2D eigenvalue weighted by molar-refractivity contribution is 5.76. The molecule has 2 atom stereocenters. The third-order valence-electron chi connectivity index (χ3n) is 4.25. The van der Waals surface area contributed by atoms with Crippen LogP contribution in [0, 0.1) is 11.8 Å². The SMILES string of the molecule is CCCC(CCN)CCC(=O)N1CCC(CC)C1. The summed E-state index contributed by atoms with van der Waals surface area (Å²) in [5.41, 5.74) is 5.63. The molecule has 1 heterocycles. The summed E-state index contributed by atoms with van der Waals surface area (Å²) in [5.74, 6) is 1.75. The summed E-state index contributed by atoms with van der Waals surface area (Å²) in [4.78, 5) is 14.2. The van der Waals surface area contributed by atoms with Crippen molar-refractivity contribution < 1.29 is 4.79 Å². The van der Waals surface area contributed by atoms with E-state index in [0.29, 0.717) is 11.8 Å². The molecule has 0 spiro atoms. The van der Waals surface area contributed by atoms with E-state index < -0.39 is 0 Å². The number of hydrogen-bond acceptors (Lipinski definition) is 2. The van der Waals surface area contributed by atoms with Gasteiger partial charge in [0.15, 0.2) is 0 Å². The van der Waals surface area contributed by atoms with Crippen molar-refractivity contribution in [2.75, 3.05) is 19.6 Å². The Morgan fingerprint density at radius 3 is 2.67 bits per heavy atom. The van der Waals surface area contributed by atoms with Crippen LogP contribution in [0.3, 0.4) is 0 Å². The highest BCUT2D eigenvalue weighted by Crippen LogP contribution is 2.22. The molecular weight excluding hydrogens is 224 g/mol. The second-order valence-electron chi connectivity index (χ2n) is 5.67. The average molecular weight is 254 g/mol. The van der Waals surface area contributed by atoms with E-state index in [9.17, 15) is 4.79 Å². The molecule has 0 aromatic rings. The van der Waals surface area contributed by atoms with Gasteiger partial charge >= 0.3 is 0 Å². The number of amides is 1. The molecule has 0 aliphatic carbocycles. The van der Waals surface area contributed by atoms with Crippen LogP contribution in [0.4, 0.5) is 0 Å². The van der Waals surface area contributed by atoms with Crippen molar-refractivity contribution in [2.24, 2.45) is 17.6 Å². The van der Waals surface area contributed by atoms with Gasteiger partial charge in [-0.3, -0.25) is 4.79 Å². The van der Waals surface area contributed by atoms with Crippen molar-refractivity contribution >= 4 is 5.91 Å². The third-order valence-corrected chi connectivity index (χ3v) is 4.25. The smallest absolute Gasteiger partial charge is 0.222 e. The summed E-state index contributed by atoms with van der Waals surface area (Å²) in [6.45, 7) is 7.15. The minimum atomic E-state index is 0.365. The Labute approximate surface area is 112 Å². The molecule has 2 N–H and O–H groups in total. The molecule has 1 fully saturated rings. The van der Waals surface area contributed by atoms with Gasteiger partial charge in [0.2, 0.25) is 5.91 Å². The van der Waals surface area contributed by atoms with Gasteiger partial charge < -0.3 is 10.6 Å². The quantitative estimate of drug-likeness (QED) is 0.724. The lowest BCUT2D eigenvalue weighted by molar-refractivity contribution is -0.130. The van der Waals surface area contributed by atoms with Crippen LogP contribution in [0.5, 0.6) is 0 Å². The van der Waals surface area contributed by atoms with Crippen LogP contribution in [-0.2, 0) is 4.79 Å². The van der Waals surface area contributed by atoms with E-state index in [0.717, 1.165) is 44.8 Å². The van der Waals surface area contributed by atoms with Gasteiger partial charge in [0.1, 0.15) is 0 Å². The summed E-state index contributed by atoms with van der Waals surface area (Å²) in [7, 11) is 0. The summed E-state index contributed by atoms with van der Waals surface area (Å²) in [5, 5.41) is 0. The average Bonchev–Trinajstić information content (AvgIpc) is 2.85. The number of rotatable bonds is 8. The maximum absolute atomic E-state index is 12.1. The van der Waals surface area contributed by atoms with Crippen LogP contribution in [0.25, 0.3) is 0 Å². The Kier molecular flexibility index (Phi) is 7.33. The lowest BCUT2D eigenvalue weighted by Gasteiger charge is -2.19. The van der Waals surface area contributed by atoms with Gasteiger partial charge in [-0.25, -0.2) is 0 Å². The van der Waals surface area contributed by atoms with Gasteiger partial charge in [-0.05, 0) is 37.6 Å². The summed E-state index contributed by atoms with van der Waals surface area (Å²) >= 11 is 0. The normalized spacial score (nSPS) is 21.3.